The number of amides is 1. The van der Waals surface area contributed by atoms with Crippen molar-refractivity contribution in [2.24, 2.45) is 0 Å². The van der Waals surface area contributed by atoms with Gasteiger partial charge in [0.15, 0.2) is 0 Å². The number of hydrogen-bond donors (Lipinski definition) is 1. The summed E-state index contributed by atoms with van der Waals surface area (Å²) in [6, 6.07) is 10.9. The number of nitrogens with one attached hydrogen (secondary N) is 1. The average Bonchev–Trinajstić information content (AvgIpc) is 2.64. The molecule has 0 aliphatic carbocycles. The van der Waals surface area contributed by atoms with Gasteiger partial charge in [-0.05, 0) is 65.2 Å². The minimum absolute atomic E-state index is 0.173. The molecule has 27 heavy (non-hydrogen) atoms. The predicted molar refractivity (Wildman–Crippen MR) is 113 cm³/mol. The van der Waals surface area contributed by atoms with E-state index in [1.807, 2.05) is 37.3 Å². The van der Waals surface area contributed by atoms with Crippen molar-refractivity contribution in [1.29, 1.82) is 0 Å². The fourth-order valence-electron chi connectivity index (χ4n) is 2.84. The quantitative estimate of drug-likeness (QED) is 0.494. The van der Waals surface area contributed by atoms with Gasteiger partial charge in [0, 0.05) is 32.4 Å². The van der Waals surface area contributed by atoms with E-state index in [9.17, 15) is 9.59 Å². The monoisotopic (exact) mass is 493 g/mol. The summed E-state index contributed by atoms with van der Waals surface area (Å²) in [5.41, 5.74) is 2.05. The number of ether oxygens (including phenoxy) is 1. The maximum atomic E-state index is 12.4. The number of fused-ring (bicyclic) bond motifs is 1. The van der Waals surface area contributed by atoms with Crippen LogP contribution in [-0.2, 0) is 11.2 Å². The molecule has 0 spiro atoms. The number of carbonyl (C=O) groups excluding carboxylic acids is 1. The summed E-state index contributed by atoms with van der Waals surface area (Å²) in [6.07, 6.45) is 0.472. The normalized spacial score (nSPS) is 10.8. The molecule has 1 aromatic heterocycles. The third-order valence-corrected chi connectivity index (χ3v) is 5.48. The highest BCUT2D eigenvalue weighted by molar-refractivity contribution is 9.11. The largest absolute Gasteiger partial charge is 0.497 e. The number of methoxy groups -OCH3 is 1. The number of rotatable bonds is 5. The van der Waals surface area contributed by atoms with Crippen LogP contribution in [0.15, 0.2) is 54.6 Å². The lowest BCUT2D eigenvalue weighted by molar-refractivity contribution is -0.116. The van der Waals surface area contributed by atoms with Gasteiger partial charge in [0.1, 0.15) is 11.3 Å². The van der Waals surface area contributed by atoms with Crippen LogP contribution in [0.2, 0.25) is 0 Å². The van der Waals surface area contributed by atoms with Crippen LogP contribution in [0, 0.1) is 6.92 Å². The zero-order valence-electron chi connectivity index (χ0n) is 14.8. The van der Waals surface area contributed by atoms with Gasteiger partial charge in [-0.1, -0.05) is 15.9 Å². The zero-order valence-corrected chi connectivity index (χ0v) is 17.9. The molecule has 0 bridgehead atoms. The van der Waals surface area contributed by atoms with E-state index in [1.54, 1.807) is 13.2 Å². The first-order valence-electron chi connectivity index (χ1n) is 8.24. The second kappa shape index (κ2) is 8.27. The van der Waals surface area contributed by atoms with Crippen LogP contribution in [0.25, 0.3) is 11.0 Å². The van der Waals surface area contributed by atoms with E-state index in [0.29, 0.717) is 29.0 Å². The van der Waals surface area contributed by atoms with Gasteiger partial charge in [-0.2, -0.15) is 0 Å². The van der Waals surface area contributed by atoms with Crippen molar-refractivity contribution in [1.82, 2.24) is 0 Å². The van der Waals surface area contributed by atoms with Crippen LogP contribution >= 0.6 is 31.9 Å². The fraction of sp³-hybridized carbons (Fsp3) is 0.200. The molecule has 0 saturated heterocycles. The fourth-order valence-corrected chi connectivity index (χ4v) is 3.54. The molecular weight excluding hydrogens is 478 g/mol. The number of halogens is 2. The summed E-state index contributed by atoms with van der Waals surface area (Å²) in [5.74, 6) is 0.444. The Morgan fingerprint density at radius 1 is 1.19 bits per heavy atom. The third-order valence-electron chi connectivity index (χ3n) is 4.30. The molecule has 1 N–H and O–H groups in total. The summed E-state index contributed by atoms with van der Waals surface area (Å²) in [4.78, 5) is 24.7. The second-order valence-electron chi connectivity index (χ2n) is 6.03. The molecule has 0 saturated carbocycles. The predicted octanol–water partition coefficient (Wildman–Crippen LogP) is 5.21. The molecule has 3 aromatic rings. The minimum Gasteiger partial charge on any atom is -0.497 e. The maximum Gasteiger partial charge on any atom is 0.339 e. The Balaban J connectivity index is 1.79. The molecule has 0 fully saturated rings. The first-order valence-corrected chi connectivity index (χ1v) is 9.83. The topological polar surface area (TPSA) is 68.5 Å². The SMILES string of the molecule is COc1ccc2c(C)c(CCC(=O)Nc3cc(Br)ccc3Br)c(=O)oc2c1. The molecule has 5 nitrogen and oxygen atoms in total. The van der Waals surface area contributed by atoms with Crippen molar-refractivity contribution in [3.05, 3.63) is 66.9 Å². The lowest BCUT2D eigenvalue weighted by Crippen LogP contribution is -2.17. The molecular formula is C20H17Br2NO4. The smallest absolute Gasteiger partial charge is 0.339 e. The van der Waals surface area contributed by atoms with Crippen molar-refractivity contribution >= 4 is 54.4 Å². The molecule has 3 rings (SSSR count). The summed E-state index contributed by atoms with van der Waals surface area (Å²) in [7, 11) is 1.56. The molecule has 1 heterocycles. The highest BCUT2D eigenvalue weighted by Crippen LogP contribution is 2.27. The van der Waals surface area contributed by atoms with Crippen molar-refractivity contribution < 1.29 is 13.9 Å². The molecule has 7 heteroatoms. The Morgan fingerprint density at radius 3 is 2.70 bits per heavy atom. The van der Waals surface area contributed by atoms with E-state index >= 15 is 0 Å². The summed E-state index contributed by atoms with van der Waals surface area (Å²) in [6.45, 7) is 1.86. The van der Waals surface area contributed by atoms with E-state index < -0.39 is 5.63 Å². The van der Waals surface area contributed by atoms with Gasteiger partial charge < -0.3 is 14.5 Å². The lowest BCUT2D eigenvalue weighted by Gasteiger charge is -2.10. The van der Waals surface area contributed by atoms with Crippen LogP contribution < -0.4 is 15.7 Å². The molecule has 140 valence electrons. The van der Waals surface area contributed by atoms with E-state index in [4.69, 9.17) is 9.15 Å². The Morgan fingerprint density at radius 2 is 1.96 bits per heavy atom. The van der Waals surface area contributed by atoms with Gasteiger partial charge >= 0.3 is 5.63 Å². The van der Waals surface area contributed by atoms with E-state index in [0.717, 1.165) is 19.9 Å². The van der Waals surface area contributed by atoms with Crippen LogP contribution in [0.3, 0.4) is 0 Å². The standard InChI is InChI=1S/C20H17Br2NO4/c1-11-14-5-4-13(26-2)10-18(14)27-20(25)15(11)6-8-19(24)23-17-9-12(21)3-7-16(17)22/h3-5,7,9-10H,6,8H2,1-2H3,(H,23,24). The molecule has 0 aliphatic rings. The van der Waals surface area contributed by atoms with Gasteiger partial charge in [0.25, 0.3) is 0 Å². The van der Waals surface area contributed by atoms with E-state index in [-0.39, 0.29) is 12.3 Å². The minimum atomic E-state index is -0.426. The van der Waals surface area contributed by atoms with Crippen LogP contribution in [0.1, 0.15) is 17.5 Å². The summed E-state index contributed by atoms with van der Waals surface area (Å²) < 4.78 is 12.2. The Labute approximate surface area is 173 Å². The summed E-state index contributed by atoms with van der Waals surface area (Å²) in [5, 5.41) is 3.68. The highest BCUT2D eigenvalue weighted by atomic mass is 79.9. The van der Waals surface area contributed by atoms with Crippen molar-refractivity contribution in [3.8, 4) is 5.75 Å². The average molecular weight is 495 g/mol. The first-order chi connectivity index (χ1) is 12.9. The van der Waals surface area contributed by atoms with Gasteiger partial charge in [-0.3, -0.25) is 4.79 Å². The Kier molecular flexibility index (Phi) is 6.01. The number of benzene rings is 2. The van der Waals surface area contributed by atoms with E-state index in [2.05, 4.69) is 37.2 Å². The van der Waals surface area contributed by atoms with Crippen LogP contribution in [0.5, 0.6) is 5.75 Å². The summed E-state index contributed by atoms with van der Waals surface area (Å²) >= 11 is 6.79. The number of hydrogen-bond acceptors (Lipinski definition) is 4. The van der Waals surface area contributed by atoms with Crippen molar-refractivity contribution in [2.45, 2.75) is 19.8 Å². The van der Waals surface area contributed by atoms with Gasteiger partial charge in [0.05, 0.1) is 12.8 Å². The Bertz CT molecular complexity index is 1080. The molecule has 1 amide bonds. The van der Waals surface area contributed by atoms with Crippen molar-refractivity contribution in [2.75, 3.05) is 12.4 Å². The molecule has 0 aliphatic heterocycles. The second-order valence-corrected chi connectivity index (χ2v) is 7.80. The Hall–Kier alpha value is -2.12. The van der Waals surface area contributed by atoms with E-state index in [1.165, 1.54) is 0 Å². The van der Waals surface area contributed by atoms with Crippen LogP contribution in [-0.4, -0.2) is 13.0 Å². The van der Waals surface area contributed by atoms with Crippen LogP contribution in [0.4, 0.5) is 5.69 Å². The lowest BCUT2D eigenvalue weighted by atomic mass is 10.0. The number of anilines is 1. The zero-order chi connectivity index (χ0) is 19.6. The highest BCUT2D eigenvalue weighted by Gasteiger charge is 2.14. The number of aryl methyl sites for hydroxylation is 1. The molecule has 0 atom stereocenters. The number of carbonyl (C=O) groups is 1. The molecule has 0 radical (unpaired) electrons. The van der Waals surface area contributed by atoms with Gasteiger partial charge in [0.2, 0.25) is 5.91 Å². The van der Waals surface area contributed by atoms with Gasteiger partial charge in [-0.15, -0.1) is 0 Å². The maximum absolute atomic E-state index is 12.4. The van der Waals surface area contributed by atoms with Crippen molar-refractivity contribution in [3.63, 3.8) is 0 Å². The molecule has 0 unspecified atom stereocenters. The van der Waals surface area contributed by atoms with Gasteiger partial charge in [-0.25, -0.2) is 4.79 Å². The first kappa shape index (κ1) is 19.6. The molecule has 2 aromatic carbocycles. The third kappa shape index (κ3) is 4.42.